The zero-order valence-corrected chi connectivity index (χ0v) is 12.2. The lowest BCUT2D eigenvalue weighted by Gasteiger charge is -2.02. The van der Waals surface area contributed by atoms with Crippen molar-refractivity contribution in [2.24, 2.45) is 0 Å². The van der Waals surface area contributed by atoms with E-state index in [1.54, 1.807) is 6.20 Å². The van der Waals surface area contributed by atoms with Crippen LogP contribution in [0.5, 0.6) is 0 Å². The molecule has 0 aliphatic heterocycles. The number of hydrogen-bond donors (Lipinski definition) is 2. The number of nitrogens with zero attached hydrogens (tertiary/aromatic N) is 1. The van der Waals surface area contributed by atoms with Gasteiger partial charge in [-0.15, -0.1) is 11.3 Å². The average Bonchev–Trinajstić information content (AvgIpc) is 2.94. The number of carbonyl (C=O) groups is 1. The number of fused-ring (bicyclic) bond motifs is 1. The molecule has 20 heavy (non-hydrogen) atoms. The van der Waals surface area contributed by atoms with Crippen molar-refractivity contribution in [1.82, 2.24) is 9.97 Å². The first-order valence-corrected chi connectivity index (χ1v) is 7.23. The highest BCUT2D eigenvalue weighted by atomic mass is 32.1. The topological polar surface area (TPSA) is 57.8 Å². The number of carbonyl (C=O) groups excluding carboxylic acids is 1. The lowest BCUT2D eigenvalue weighted by atomic mass is 10.1. The van der Waals surface area contributed by atoms with Gasteiger partial charge in [-0.2, -0.15) is 0 Å². The van der Waals surface area contributed by atoms with E-state index in [0.29, 0.717) is 11.6 Å². The summed E-state index contributed by atoms with van der Waals surface area (Å²) in [5.41, 5.74) is 3.15. The molecule has 5 heteroatoms. The molecule has 0 bridgehead atoms. The number of hydrogen-bond acceptors (Lipinski definition) is 3. The van der Waals surface area contributed by atoms with Crippen LogP contribution < -0.4 is 5.32 Å². The molecule has 102 valence electrons. The van der Waals surface area contributed by atoms with Gasteiger partial charge in [0.05, 0.1) is 6.42 Å². The molecule has 0 saturated heterocycles. The van der Waals surface area contributed by atoms with E-state index in [4.69, 9.17) is 0 Å². The summed E-state index contributed by atoms with van der Waals surface area (Å²) in [4.78, 5) is 20.7. The largest absolute Gasteiger partial charge is 0.358 e. The summed E-state index contributed by atoms with van der Waals surface area (Å²) in [5, 5.41) is 4.61. The highest BCUT2D eigenvalue weighted by Crippen LogP contribution is 2.23. The van der Waals surface area contributed by atoms with Gasteiger partial charge in [0.1, 0.15) is 0 Å². The summed E-state index contributed by atoms with van der Waals surface area (Å²) in [6, 6.07) is 8.03. The molecule has 1 aromatic carbocycles. The lowest BCUT2D eigenvalue weighted by molar-refractivity contribution is -0.115. The van der Waals surface area contributed by atoms with Gasteiger partial charge in [-0.05, 0) is 25.5 Å². The summed E-state index contributed by atoms with van der Waals surface area (Å²) in [6.07, 6.45) is 2.12. The van der Waals surface area contributed by atoms with Crippen LogP contribution >= 0.6 is 11.3 Å². The summed E-state index contributed by atoms with van der Waals surface area (Å²) in [5.74, 6) is -0.0350. The fourth-order valence-electron chi connectivity index (χ4n) is 2.30. The lowest BCUT2D eigenvalue weighted by Crippen LogP contribution is -2.14. The van der Waals surface area contributed by atoms with E-state index in [-0.39, 0.29) is 5.91 Å². The molecule has 0 saturated carbocycles. The van der Waals surface area contributed by atoms with Crippen molar-refractivity contribution >= 4 is 33.3 Å². The van der Waals surface area contributed by atoms with Crippen molar-refractivity contribution in [3.8, 4) is 0 Å². The Balaban J connectivity index is 1.82. The normalized spacial score (nSPS) is 10.9. The zero-order chi connectivity index (χ0) is 14.1. The van der Waals surface area contributed by atoms with Gasteiger partial charge < -0.3 is 10.3 Å². The Morgan fingerprint density at radius 3 is 2.90 bits per heavy atom. The molecule has 0 atom stereocenters. The van der Waals surface area contributed by atoms with E-state index in [1.165, 1.54) is 11.3 Å². The van der Waals surface area contributed by atoms with Gasteiger partial charge in [-0.3, -0.25) is 4.79 Å². The number of H-pyrrole nitrogens is 1. The van der Waals surface area contributed by atoms with E-state index in [9.17, 15) is 4.79 Å². The highest BCUT2D eigenvalue weighted by Gasteiger charge is 2.13. The number of anilines is 1. The molecule has 2 heterocycles. The number of thiazole rings is 1. The Morgan fingerprint density at radius 2 is 2.15 bits per heavy atom. The molecule has 2 aromatic heterocycles. The number of benzene rings is 1. The maximum atomic E-state index is 12.1. The second kappa shape index (κ2) is 5.09. The monoisotopic (exact) mass is 285 g/mol. The minimum absolute atomic E-state index is 0.0350. The third kappa shape index (κ3) is 2.44. The minimum Gasteiger partial charge on any atom is -0.358 e. The van der Waals surface area contributed by atoms with Gasteiger partial charge in [0.25, 0.3) is 0 Å². The third-order valence-electron chi connectivity index (χ3n) is 3.23. The van der Waals surface area contributed by atoms with Crippen molar-refractivity contribution in [3.63, 3.8) is 0 Å². The van der Waals surface area contributed by atoms with Crippen molar-refractivity contribution in [1.29, 1.82) is 0 Å². The molecule has 0 spiro atoms. The second-order valence-electron chi connectivity index (χ2n) is 4.78. The molecule has 0 aliphatic rings. The minimum atomic E-state index is -0.0350. The Morgan fingerprint density at radius 1 is 1.35 bits per heavy atom. The third-order valence-corrected chi connectivity index (χ3v) is 4.06. The smallest absolute Gasteiger partial charge is 0.230 e. The number of aryl methyl sites for hydroxylation is 2. The second-order valence-corrected chi connectivity index (χ2v) is 6.01. The molecular weight excluding hydrogens is 270 g/mol. The molecular formula is C15H15N3OS. The molecule has 0 fully saturated rings. The van der Waals surface area contributed by atoms with E-state index in [1.807, 2.05) is 38.1 Å². The van der Waals surface area contributed by atoms with Crippen LogP contribution in [0.1, 0.15) is 16.1 Å². The van der Waals surface area contributed by atoms with Crippen LogP contribution in [0.2, 0.25) is 0 Å². The predicted octanol–water partition coefficient (Wildman–Crippen LogP) is 3.42. The number of rotatable bonds is 3. The van der Waals surface area contributed by atoms with Crippen LogP contribution in [0.3, 0.4) is 0 Å². The van der Waals surface area contributed by atoms with Crippen molar-refractivity contribution in [3.05, 3.63) is 46.6 Å². The molecule has 0 radical (unpaired) electrons. The van der Waals surface area contributed by atoms with Gasteiger partial charge in [0.2, 0.25) is 5.91 Å². The van der Waals surface area contributed by atoms with Crippen molar-refractivity contribution in [2.75, 3.05) is 5.32 Å². The summed E-state index contributed by atoms with van der Waals surface area (Å²) >= 11 is 1.49. The molecule has 1 amide bonds. The molecule has 3 rings (SSSR count). The first kappa shape index (κ1) is 12.9. The Bertz CT molecular complexity index is 772. The SMILES string of the molecule is Cc1cnc(NC(=O)Cc2c(C)[nH]c3ccccc23)s1. The van der Waals surface area contributed by atoms with Gasteiger partial charge in [-0.1, -0.05) is 18.2 Å². The number of aromatic amines is 1. The van der Waals surface area contributed by atoms with E-state index in [0.717, 1.165) is 27.0 Å². The fourth-order valence-corrected chi connectivity index (χ4v) is 2.98. The number of aromatic nitrogens is 2. The average molecular weight is 285 g/mol. The van der Waals surface area contributed by atoms with Gasteiger partial charge >= 0.3 is 0 Å². The number of amides is 1. The fraction of sp³-hybridized carbons (Fsp3) is 0.200. The van der Waals surface area contributed by atoms with Crippen LogP contribution in [0.25, 0.3) is 10.9 Å². The van der Waals surface area contributed by atoms with Crippen molar-refractivity contribution < 1.29 is 4.79 Å². The van der Waals surface area contributed by atoms with E-state index in [2.05, 4.69) is 15.3 Å². The van der Waals surface area contributed by atoms with Crippen LogP contribution in [0.4, 0.5) is 5.13 Å². The van der Waals surface area contributed by atoms with Gasteiger partial charge in [-0.25, -0.2) is 4.98 Å². The number of para-hydroxylation sites is 1. The molecule has 0 aliphatic carbocycles. The van der Waals surface area contributed by atoms with E-state index < -0.39 is 0 Å². The molecule has 2 N–H and O–H groups in total. The first-order valence-electron chi connectivity index (χ1n) is 6.42. The van der Waals surface area contributed by atoms with Crippen LogP contribution in [0.15, 0.2) is 30.5 Å². The van der Waals surface area contributed by atoms with Crippen LogP contribution in [-0.4, -0.2) is 15.9 Å². The number of nitrogens with one attached hydrogen (secondary N) is 2. The summed E-state index contributed by atoms with van der Waals surface area (Å²) in [6.45, 7) is 3.97. The highest BCUT2D eigenvalue weighted by molar-refractivity contribution is 7.15. The van der Waals surface area contributed by atoms with Crippen LogP contribution in [0, 0.1) is 13.8 Å². The van der Waals surface area contributed by atoms with Crippen LogP contribution in [-0.2, 0) is 11.2 Å². The van der Waals surface area contributed by atoms with Crippen molar-refractivity contribution in [2.45, 2.75) is 20.3 Å². The Labute approximate surface area is 120 Å². The quantitative estimate of drug-likeness (QED) is 0.774. The summed E-state index contributed by atoms with van der Waals surface area (Å²) < 4.78 is 0. The molecule has 4 nitrogen and oxygen atoms in total. The Hall–Kier alpha value is -2.14. The molecule has 3 aromatic rings. The van der Waals surface area contributed by atoms with Gasteiger partial charge in [0.15, 0.2) is 5.13 Å². The molecule has 0 unspecified atom stereocenters. The van der Waals surface area contributed by atoms with E-state index >= 15 is 0 Å². The predicted molar refractivity (Wildman–Crippen MR) is 82.2 cm³/mol. The van der Waals surface area contributed by atoms with Gasteiger partial charge in [0, 0.05) is 27.7 Å². The maximum absolute atomic E-state index is 12.1. The standard InChI is InChI=1S/C15H15N3OS/c1-9-8-16-15(20-9)18-14(19)7-12-10(2)17-13-6-4-3-5-11(12)13/h3-6,8,17H,7H2,1-2H3,(H,16,18,19). The first-order chi connectivity index (χ1) is 9.63. The Kier molecular flexibility index (Phi) is 3.28. The zero-order valence-electron chi connectivity index (χ0n) is 11.4. The maximum Gasteiger partial charge on any atom is 0.230 e. The summed E-state index contributed by atoms with van der Waals surface area (Å²) in [7, 11) is 0.